The van der Waals surface area contributed by atoms with E-state index in [1.807, 2.05) is 12.1 Å². The Balaban J connectivity index is 1.82. The highest BCUT2D eigenvalue weighted by molar-refractivity contribution is 5.78. The lowest BCUT2D eigenvalue weighted by atomic mass is 10.2. The molecular formula is C13H13FN2O. The van der Waals surface area contributed by atoms with Crippen molar-refractivity contribution in [1.29, 1.82) is 0 Å². The Morgan fingerprint density at radius 1 is 1.24 bits per heavy atom. The van der Waals surface area contributed by atoms with Crippen molar-refractivity contribution in [3.63, 3.8) is 0 Å². The summed E-state index contributed by atoms with van der Waals surface area (Å²) >= 11 is 0. The zero-order valence-electron chi connectivity index (χ0n) is 9.24. The van der Waals surface area contributed by atoms with E-state index in [2.05, 4.69) is 10.3 Å². The molecule has 1 aromatic carbocycles. The minimum Gasteiger partial charge on any atom is -0.365 e. The minimum absolute atomic E-state index is 0.0585. The Kier molecular flexibility index (Phi) is 3.55. The smallest absolute Gasteiger partial charge is 0.226 e. The Morgan fingerprint density at radius 3 is 2.65 bits per heavy atom. The van der Waals surface area contributed by atoms with Crippen LogP contribution in [0.2, 0.25) is 0 Å². The molecule has 1 aromatic heterocycles. The molecule has 0 saturated carbocycles. The quantitative estimate of drug-likeness (QED) is 0.832. The van der Waals surface area contributed by atoms with Gasteiger partial charge < -0.3 is 10.3 Å². The predicted molar refractivity (Wildman–Crippen MR) is 62.7 cm³/mol. The molecule has 0 fully saturated rings. The highest BCUT2D eigenvalue weighted by Crippen LogP contribution is 2.02. The molecule has 0 spiro atoms. The predicted octanol–water partition coefficient (Wildman–Crippen LogP) is 2.01. The molecule has 0 radical (unpaired) electrons. The third-order valence-electron chi connectivity index (χ3n) is 2.42. The molecule has 0 unspecified atom stereocenters. The van der Waals surface area contributed by atoms with E-state index in [0.717, 1.165) is 11.3 Å². The molecule has 3 nitrogen and oxygen atoms in total. The lowest BCUT2D eigenvalue weighted by Crippen LogP contribution is -2.24. The van der Waals surface area contributed by atoms with E-state index in [4.69, 9.17) is 0 Å². The van der Waals surface area contributed by atoms with E-state index in [0.29, 0.717) is 13.0 Å². The number of amides is 1. The number of rotatable bonds is 4. The molecule has 2 rings (SSSR count). The molecule has 0 atom stereocenters. The van der Waals surface area contributed by atoms with Crippen LogP contribution in [0.15, 0.2) is 42.6 Å². The molecule has 0 bridgehead atoms. The first-order valence-corrected chi connectivity index (χ1v) is 5.37. The standard InChI is InChI=1S/C13H13FN2O/c14-11-5-3-10(4-6-11)9-16-13(17)8-12-2-1-7-15-12/h1-7,15H,8-9H2,(H,16,17). The number of benzene rings is 1. The maximum Gasteiger partial charge on any atom is 0.226 e. The molecule has 2 N–H and O–H groups in total. The van der Waals surface area contributed by atoms with Crippen molar-refractivity contribution in [2.24, 2.45) is 0 Å². The number of carbonyl (C=O) groups is 1. The number of aromatic nitrogens is 1. The van der Waals surface area contributed by atoms with E-state index in [-0.39, 0.29) is 11.7 Å². The molecule has 17 heavy (non-hydrogen) atoms. The molecule has 1 heterocycles. The maximum absolute atomic E-state index is 12.6. The molecule has 0 aliphatic carbocycles. The molecule has 1 amide bonds. The average molecular weight is 232 g/mol. The summed E-state index contributed by atoms with van der Waals surface area (Å²) in [6.45, 7) is 0.416. The third kappa shape index (κ3) is 3.45. The van der Waals surface area contributed by atoms with Crippen molar-refractivity contribution in [3.05, 3.63) is 59.7 Å². The van der Waals surface area contributed by atoms with Crippen LogP contribution in [0.4, 0.5) is 4.39 Å². The van der Waals surface area contributed by atoms with Crippen molar-refractivity contribution in [1.82, 2.24) is 10.3 Å². The number of hydrogen-bond donors (Lipinski definition) is 2. The van der Waals surface area contributed by atoms with Crippen LogP contribution in [0.3, 0.4) is 0 Å². The van der Waals surface area contributed by atoms with Crippen LogP contribution >= 0.6 is 0 Å². The van der Waals surface area contributed by atoms with Crippen molar-refractivity contribution in [3.8, 4) is 0 Å². The summed E-state index contributed by atoms with van der Waals surface area (Å²) in [5.41, 5.74) is 1.76. The zero-order chi connectivity index (χ0) is 12.1. The van der Waals surface area contributed by atoms with E-state index in [1.165, 1.54) is 12.1 Å². The Morgan fingerprint density at radius 2 is 2.00 bits per heavy atom. The van der Waals surface area contributed by atoms with Gasteiger partial charge in [0, 0.05) is 18.4 Å². The first-order valence-electron chi connectivity index (χ1n) is 5.37. The van der Waals surface area contributed by atoms with Crippen LogP contribution in [0.5, 0.6) is 0 Å². The molecule has 4 heteroatoms. The molecular weight excluding hydrogens is 219 g/mol. The maximum atomic E-state index is 12.6. The van der Waals surface area contributed by atoms with Gasteiger partial charge >= 0.3 is 0 Å². The van der Waals surface area contributed by atoms with Crippen LogP contribution in [0.25, 0.3) is 0 Å². The number of H-pyrrole nitrogens is 1. The lowest BCUT2D eigenvalue weighted by Gasteiger charge is -2.04. The van der Waals surface area contributed by atoms with Crippen LogP contribution in [0, 0.1) is 5.82 Å². The van der Waals surface area contributed by atoms with Crippen LogP contribution < -0.4 is 5.32 Å². The molecule has 0 aliphatic heterocycles. The normalized spacial score (nSPS) is 10.2. The van der Waals surface area contributed by atoms with Gasteiger partial charge in [-0.1, -0.05) is 12.1 Å². The second kappa shape index (κ2) is 5.30. The van der Waals surface area contributed by atoms with Crippen molar-refractivity contribution >= 4 is 5.91 Å². The zero-order valence-corrected chi connectivity index (χ0v) is 9.24. The minimum atomic E-state index is -0.272. The topological polar surface area (TPSA) is 44.9 Å². The number of carbonyl (C=O) groups excluding carboxylic acids is 1. The van der Waals surface area contributed by atoms with Gasteiger partial charge in [0.05, 0.1) is 6.42 Å². The summed E-state index contributed by atoms with van der Waals surface area (Å²) in [7, 11) is 0. The first-order chi connectivity index (χ1) is 8.24. The van der Waals surface area contributed by atoms with Crippen LogP contribution in [-0.2, 0) is 17.8 Å². The van der Waals surface area contributed by atoms with Gasteiger partial charge in [0.25, 0.3) is 0 Å². The highest BCUT2D eigenvalue weighted by Gasteiger charge is 2.03. The van der Waals surface area contributed by atoms with Gasteiger partial charge in [-0.3, -0.25) is 4.79 Å². The van der Waals surface area contributed by atoms with Gasteiger partial charge in [0.2, 0.25) is 5.91 Å². The Bertz CT molecular complexity index is 477. The van der Waals surface area contributed by atoms with Gasteiger partial charge in [0.1, 0.15) is 5.82 Å². The third-order valence-corrected chi connectivity index (χ3v) is 2.42. The number of hydrogen-bond acceptors (Lipinski definition) is 1. The SMILES string of the molecule is O=C(Cc1ccc[nH]1)NCc1ccc(F)cc1. The molecule has 0 saturated heterocycles. The fraction of sp³-hybridized carbons (Fsp3) is 0.154. The van der Waals surface area contributed by atoms with Crippen molar-refractivity contribution < 1.29 is 9.18 Å². The number of aromatic amines is 1. The van der Waals surface area contributed by atoms with Gasteiger partial charge in [-0.15, -0.1) is 0 Å². The van der Waals surface area contributed by atoms with E-state index >= 15 is 0 Å². The van der Waals surface area contributed by atoms with Crippen molar-refractivity contribution in [2.75, 3.05) is 0 Å². The van der Waals surface area contributed by atoms with Crippen LogP contribution in [0.1, 0.15) is 11.3 Å². The molecule has 2 aromatic rings. The highest BCUT2D eigenvalue weighted by atomic mass is 19.1. The van der Waals surface area contributed by atoms with Gasteiger partial charge in [-0.05, 0) is 29.8 Å². The van der Waals surface area contributed by atoms with Crippen molar-refractivity contribution in [2.45, 2.75) is 13.0 Å². The van der Waals surface area contributed by atoms with Gasteiger partial charge in [-0.25, -0.2) is 4.39 Å². The average Bonchev–Trinajstić information content (AvgIpc) is 2.81. The first kappa shape index (κ1) is 11.4. The fourth-order valence-corrected chi connectivity index (χ4v) is 1.52. The summed E-state index contributed by atoms with van der Waals surface area (Å²) in [5, 5.41) is 2.78. The summed E-state index contributed by atoms with van der Waals surface area (Å²) in [5.74, 6) is -0.330. The molecule has 0 aliphatic rings. The monoisotopic (exact) mass is 232 g/mol. The summed E-state index contributed by atoms with van der Waals surface area (Å²) in [6.07, 6.45) is 2.11. The second-order valence-corrected chi connectivity index (χ2v) is 3.78. The lowest BCUT2D eigenvalue weighted by molar-refractivity contribution is -0.120. The number of halogens is 1. The Labute approximate surface area is 98.7 Å². The van der Waals surface area contributed by atoms with E-state index in [9.17, 15) is 9.18 Å². The fourth-order valence-electron chi connectivity index (χ4n) is 1.52. The van der Waals surface area contributed by atoms with Crippen LogP contribution in [-0.4, -0.2) is 10.9 Å². The van der Waals surface area contributed by atoms with E-state index in [1.54, 1.807) is 18.3 Å². The second-order valence-electron chi connectivity index (χ2n) is 3.78. The molecule has 88 valence electrons. The summed E-state index contributed by atoms with van der Waals surface area (Å²) in [6, 6.07) is 9.79. The van der Waals surface area contributed by atoms with Gasteiger partial charge in [0.15, 0.2) is 0 Å². The number of nitrogens with one attached hydrogen (secondary N) is 2. The van der Waals surface area contributed by atoms with Gasteiger partial charge in [-0.2, -0.15) is 0 Å². The summed E-state index contributed by atoms with van der Waals surface area (Å²) in [4.78, 5) is 14.5. The summed E-state index contributed by atoms with van der Waals surface area (Å²) < 4.78 is 12.6. The Hall–Kier alpha value is -2.10. The van der Waals surface area contributed by atoms with E-state index < -0.39 is 0 Å². The largest absolute Gasteiger partial charge is 0.365 e.